The summed E-state index contributed by atoms with van der Waals surface area (Å²) in [6, 6.07) is 7.41. The summed E-state index contributed by atoms with van der Waals surface area (Å²) < 4.78 is 0. The lowest BCUT2D eigenvalue weighted by Gasteiger charge is -2.23. The molecule has 0 unspecified atom stereocenters. The van der Waals surface area contributed by atoms with Crippen molar-refractivity contribution in [3.63, 3.8) is 0 Å². The molecule has 86 valence electrons. The Bertz CT molecular complexity index is 492. The number of anilines is 1. The standard InChI is InChI=1S/C14H13ClN2/c1-2-7-17(10-11-3-4-11)14-6-5-12(9-16)8-13(14)15/h1,5-6,8,11H,3-4,7,10H2. The number of halogens is 1. The van der Waals surface area contributed by atoms with Crippen molar-refractivity contribution < 1.29 is 0 Å². The molecule has 1 aromatic carbocycles. The molecule has 1 saturated carbocycles. The summed E-state index contributed by atoms with van der Waals surface area (Å²) in [4.78, 5) is 2.11. The first-order valence-electron chi connectivity index (χ1n) is 5.62. The Morgan fingerprint density at radius 3 is 2.76 bits per heavy atom. The van der Waals surface area contributed by atoms with E-state index in [1.165, 1.54) is 12.8 Å². The van der Waals surface area contributed by atoms with Crippen LogP contribution >= 0.6 is 11.6 Å². The average molecular weight is 245 g/mol. The van der Waals surface area contributed by atoms with Gasteiger partial charge in [-0.15, -0.1) is 6.42 Å². The molecule has 1 fully saturated rings. The number of nitriles is 1. The number of hydrogen-bond donors (Lipinski definition) is 0. The fourth-order valence-corrected chi connectivity index (χ4v) is 2.10. The van der Waals surface area contributed by atoms with Gasteiger partial charge in [0, 0.05) is 6.54 Å². The topological polar surface area (TPSA) is 27.0 Å². The molecule has 0 spiro atoms. The van der Waals surface area contributed by atoms with Gasteiger partial charge in [-0.2, -0.15) is 5.26 Å². The molecule has 0 saturated heterocycles. The highest BCUT2D eigenvalue weighted by Crippen LogP contribution is 2.33. The van der Waals surface area contributed by atoms with Crippen molar-refractivity contribution >= 4 is 17.3 Å². The SMILES string of the molecule is C#CCN(CC1CC1)c1ccc(C#N)cc1Cl. The zero-order valence-electron chi connectivity index (χ0n) is 9.49. The minimum atomic E-state index is 0.558. The number of benzene rings is 1. The molecule has 0 radical (unpaired) electrons. The highest BCUT2D eigenvalue weighted by atomic mass is 35.5. The normalized spacial score (nSPS) is 13.8. The van der Waals surface area contributed by atoms with Gasteiger partial charge in [-0.25, -0.2) is 0 Å². The minimum Gasteiger partial charge on any atom is -0.359 e. The van der Waals surface area contributed by atoms with E-state index in [0.717, 1.165) is 18.2 Å². The van der Waals surface area contributed by atoms with E-state index in [-0.39, 0.29) is 0 Å². The van der Waals surface area contributed by atoms with Crippen molar-refractivity contribution in [2.75, 3.05) is 18.0 Å². The lowest BCUT2D eigenvalue weighted by Crippen LogP contribution is -2.26. The average Bonchev–Trinajstić information content (AvgIpc) is 3.12. The first-order valence-corrected chi connectivity index (χ1v) is 6.00. The van der Waals surface area contributed by atoms with Gasteiger partial charge >= 0.3 is 0 Å². The smallest absolute Gasteiger partial charge is 0.0992 e. The molecule has 0 aromatic heterocycles. The number of terminal acetylenes is 1. The predicted molar refractivity (Wildman–Crippen MR) is 69.9 cm³/mol. The molecular formula is C14H13ClN2. The molecule has 1 aliphatic rings. The van der Waals surface area contributed by atoms with Crippen LogP contribution in [0.2, 0.25) is 5.02 Å². The van der Waals surface area contributed by atoms with Gasteiger partial charge < -0.3 is 4.90 Å². The zero-order valence-corrected chi connectivity index (χ0v) is 10.2. The van der Waals surface area contributed by atoms with E-state index in [9.17, 15) is 0 Å². The van der Waals surface area contributed by atoms with E-state index in [1.807, 2.05) is 6.07 Å². The van der Waals surface area contributed by atoms with Crippen LogP contribution in [-0.4, -0.2) is 13.1 Å². The van der Waals surface area contributed by atoms with E-state index in [4.69, 9.17) is 23.3 Å². The van der Waals surface area contributed by atoms with E-state index >= 15 is 0 Å². The third kappa shape index (κ3) is 2.93. The van der Waals surface area contributed by atoms with Gasteiger partial charge in [-0.1, -0.05) is 17.5 Å². The number of nitrogens with zero attached hydrogens (tertiary/aromatic N) is 2. The van der Waals surface area contributed by atoms with Gasteiger partial charge in [-0.3, -0.25) is 0 Å². The molecule has 17 heavy (non-hydrogen) atoms. The fraction of sp³-hybridized carbons (Fsp3) is 0.357. The second-order valence-electron chi connectivity index (χ2n) is 4.31. The van der Waals surface area contributed by atoms with Crippen LogP contribution in [0.15, 0.2) is 18.2 Å². The minimum absolute atomic E-state index is 0.558. The second-order valence-corrected chi connectivity index (χ2v) is 4.71. The zero-order chi connectivity index (χ0) is 12.3. The predicted octanol–water partition coefficient (Wildman–Crippen LogP) is 3.06. The third-order valence-electron chi connectivity index (χ3n) is 2.88. The summed E-state index contributed by atoms with van der Waals surface area (Å²) in [5.74, 6) is 3.40. The Kier molecular flexibility index (Phi) is 3.57. The molecule has 0 aliphatic heterocycles. The summed E-state index contributed by atoms with van der Waals surface area (Å²) in [6.45, 7) is 1.51. The quantitative estimate of drug-likeness (QED) is 0.762. The highest BCUT2D eigenvalue weighted by molar-refractivity contribution is 6.33. The maximum Gasteiger partial charge on any atom is 0.0992 e. The molecule has 0 amide bonds. The Labute approximate surface area is 107 Å². The van der Waals surface area contributed by atoms with Crippen molar-refractivity contribution in [2.24, 2.45) is 5.92 Å². The summed E-state index contributed by atoms with van der Waals surface area (Å²) >= 11 is 6.18. The van der Waals surface area contributed by atoms with Gasteiger partial charge in [0.2, 0.25) is 0 Å². The van der Waals surface area contributed by atoms with Crippen LogP contribution in [0, 0.1) is 29.6 Å². The lowest BCUT2D eigenvalue weighted by molar-refractivity contribution is 0.765. The summed E-state index contributed by atoms with van der Waals surface area (Å²) in [5, 5.41) is 9.39. The van der Waals surface area contributed by atoms with Crippen molar-refractivity contribution in [3.05, 3.63) is 28.8 Å². The highest BCUT2D eigenvalue weighted by Gasteiger charge is 2.25. The van der Waals surface area contributed by atoms with Gasteiger partial charge in [0.05, 0.1) is 28.9 Å². The number of hydrogen-bond acceptors (Lipinski definition) is 2. The van der Waals surface area contributed by atoms with Gasteiger partial charge in [-0.05, 0) is 37.0 Å². The molecule has 0 atom stereocenters. The van der Waals surface area contributed by atoms with Crippen molar-refractivity contribution in [2.45, 2.75) is 12.8 Å². The van der Waals surface area contributed by atoms with Crippen molar-refractivity contribution in [1.29, 1.82) is 5.26 Å². The second kappa shape index (κ2) is 5.13. The molecule has 2 rings (SSSR count). The summed E-state index contributed by atoms with van der Waals surface area (Å²) in [7, 11) is 0. The number of rotatable bonds is 4. The molecule has 1 aromatic rings. The third-order valence-corrected chi connectivity index (χ3v) is 3.18. The van der Waals surface area contributed by atoms with Crippen LogP contribution in [-0.2, 0) is 0 Å². The van der Waals surface area contributed by atoms with Crippen LogP contribution in [0.1, 0.15) is 18.4 Å². The van der Waals surface area contributed by atoms with Gasteiger partial charge in [0.1, 0.15) is 0 Å². The first-order chi connectivity index (χ1) is 8.24. The fourth-order valence-electron chi connectivity index (χ4n) is 1.80. The van der Waals surface area contributed by atoms with Gasteiger partial charge in [0.15, 0.2) is 0 Å². The maximum atomic E-state index is 8.80. The van der Waals surface area contributed by atoms with Crippen LogP contribution in [0.5, 0.6) is 0 Å². The Hall–Kier alpha value is -1.64. The van der Waals surface area contributed by atoms with Crippen LogP contribution in [0.4, 0.5) is 5.69 Å². The van der Waals surface area contributed by atoms with Crippen LogP contribution in [0.25, 0.3) is 0 Å². The van der Waals surface area contributed by atoms with Crippen LogP contribution < -0.4 is 4.90 Å². The van der Waals surface area contributed by atoms with Gasteiger partial charge in [0.25, 0.3) is 0 Å². The molecule has 1 aliphatic carbocycles. The molecule has 0 bridgehead atoms. The molecule has 2 nitrogen and oxygen atoms in total. The first kappa shape index (κ1) is 11.8. The van der Waals surface area contributed by atoms with Crippen LogP contribution in [0.3, 0.4) is 0 Å². The largest absolute Gasteiger partial charge is 0.359 e. The van der Waals surface area contributed by atoms with E-state index in [2.05, 4.69) is 16.9 Å². The Morgan fingerprint density at radius 2 is 2.24 bits per heavy atom. The lowest BCUT2D eigenvalue weighted by atomic mass is 10.2. The monoisotopic (exact) mass is 244 g/mol. The summed E-state index contributed by atoms with van der Waals surface area (Å²) in [6.07, 6.45) is 7.93. The molecule has 0 heterocycles. The van der Waals surface area contributed by atoms with E-state index in [1.54, 1.807) is 12.1 Å². The van der Waals surface area contributed by atoms with E-state index in [0.29, 0.717) is 17.1 Å². The molecule has 0 N–H and O–H groups in total. The van der Waals surface area contributed by atoms with E-state index < -0.39 is 0 Å². The van der Waals surface area contributed by atoms with Crippen molar-refractivity contribution in [3.8, 4) is 18.4 Å². The maximum absolute atomic E-state index is 8.80. The Morgan fingerprint density at radius 1 is 1.47 bits per heavy atom. The molecule has 3 heteroatoms. The summed E-state index contributed by atoms with van der Waals surface area (Å²) in [5.41, 5.74) is 1.50. The van der Waals surface area contributed by atoms with Crippen molar-refractivity contribution in [1.82, 2.24) is 0 Å². The molecular weight excluding hydrogens is 232 g/mol. The Balaban J connectivity index is 2.22.